The van der Waals surface area contributed by atoms with Crippen LogP contribution in [-0.2, 0) is 14.3 Å². The number of halogens is 4. The second-order valence-corrected chi connectivity index (χ2v) is 3.32. The Hall–Kier alpha value is -0.890. The van der Waals surface area contributed by atoms with Gasteiger partial charge in [-0.05, 0) is 6.92 Å². The standard InChI is InChI=1S/C8H12F4O4/c1-7(14,6(13)15-2)3-16-4-8(11,12)5(9)10/h5,14H,3-4H2,1-2H3. The van der Waals surface area contributed by atoms with Gasteiger partial charge in [0.25, 0.3) is 0 Å². The lowest BCUT2D eigenvalue weighted by molar-refractivity contribution is -0.187. The van der Waals surface area contributed by atoms with Gasteiger partial charge >= 0.3 is 18.3 Å². The van der Waals surface area contributed by atoms with Crippen LogP contribution in [0.25, 0.3) is 0 Å². The first-order valence-electron chi connectivity index (χ1n) is 4.18. The highest BCUT2D eigenvalue weighted by Gasteiger charge is 2.42. The van der Waals surface area contributed by atoms with Crippen LogP contribution in [-0.4, -0.2) is 49.3 Å². The van der Waals surface area contributed by atoms with E-state index in [2.05, 4.69) is 9.47 Å². The summed E-state index contributed by atoms with van der Waals surface area (Å²) in [6, 6.07) is 0. The van der Waals surface area contributed by atoms with Gasteiger partial charge in [-0.3, -0.25) is 0 Å². The molecule has 0 heterocycles. The zero-order valence-corrected chi connectivity index (χ0v) is 8.68. The number of alkyl halides is 4. The Morgan fingerprint density at radius 1 is 1.38 bits per heavy atom. The van der Waals surface area contributed by atoms with Crippen LogP contribution in [0.2, 0.25) is 0 Å². The molecule has 0 radical (unpaired) electrons. The first-order valence-corrected chi connectivity index (χ1v) is 4.18. The molecule has 1 unspecified atom stereocenters. The first-order chi connectivity index (χ1) is 7.13. The van der Waals surface area contributed by atoms with Crippen LogP contribution in [0.5, 0.6) is 0 Å². The van der Waals surface area contributed by atoms with Gasteiger partial charge in [0.15, 0.2) is 5.60 Å². The molecule has 0 aliphatic rings. The highest BCUT2D eigenvalue weighted by atomic mass is 19.3. The Bertz CT molecular complexity index is 242. The molecule has 0 saturated heterocycles. The predicted molar refractivity (Wildman–Crippen MR) is 44.4 cm³/mol. The molecule has 0 aliphatic heterocycles. The lowest BCUT2D eigenvalue weighted by atomic mass is 10.1. The number of methoxy groups -OCH3 is 1. The summed E-state index contributed by atoms with van der Waals surface area (Å²) < 4.78 is 56.3. The summed E-state index contributed by atoms with van der Waals surface area (Å²) in [5.74, 6) is -5.42. The van der Waals surface area contributed by atoms with E-state index >= 15 is 0 Å². The number of rotatable bonds is 6. The van der Waals surface area contributed by atoms with Gasteiger partial charge in [-0.1, -0.05) is 0 Å². The maximum Gasteiger partial charge on any atom is 0.339 e. The second kappa shape index (κ2) is 5.44. The van der Waals surface area contributed by atoms with Gasteiger partial charge < -0.3 is 14.6 Å². The number of carbonyl (C=O) groups excluding carboxylic acids is 1. The summed E-state index contributed by atoms with van der Waals surface area (Å²) in [4.78, 5) is 10.8. The molecule has 1 atom stereocenters. The molecule has 0 amide bonds. The highest BCUT2D eigenvalue weighted by molar-refractivity contribution is 5.78. The smallest absolute Gasteiger partial charge is 0.339 e. The van der Waals surface area contributed by atoms with Crippen molar-refractivity contribution in [2.75, 3.05) is 20.3 Å². The number of carbonyl (C=O) groups is 1. The fourth-order valence-electron chi connectivity index (χ4n) is 0.728. The number of aliphatic hydroxyl groups is 1. The van der Waals surface area contributed by atoms with Gasteiger partial charge in [0.1, 0.15) is 6.61 Å². The van der Waals surface area contributed by atoms with E-state index in [0.29, 0.717) is 0 Å². The minimum atomic E-state index is -4.31. The van der Waals surface area contributed by atoms with Crippen LogP contribution in [0.4, 0.5) is 17.6 Å². The lowest BCUT2D eigenvalue weighted by Gasteiger charge is -2.22. The minimum Gasteiger partial charge on any atom is -0.467 e. The molecule has 0 aromatic rings. The van der Waals surface area contributed by atoms with Crippen molar-refractivity contribution in [2.45, 2.75) is 24.9 Å². The molecule has 96 valence electrons. The molecule has 0 bridgehead atoms. The van der Waals surface area contributed by atoms with Crippen LogP contribution in [0, 0.1) is 0 Å². The maximum absolute atomic E-state index is 12.3. The molecule has 0 rings (SSSR count). The molecule has 0 spiro atoms. The van der Waals surface area contributed by atoms with Crippen LogP contribution >= 0.6 is 0 Å². The van der Waals surface area contributed by atoms with Crippen molar-refractivity contribution in [1.82, 2.24) is 0 Å². The normalized spacial score (nSPS) is 16.0. The average Bonchev–Trinajstić information content (AvgIpc) is 2.15. The number of ether oxygens (including phenoxy) is 2. The Morgan fingerprint density at radius 2 is 1.88 bits per heavy atom. The van der Waals surface area contributed by atoms with Crippen molar-refractivity contribution >= 4 is 5.97 Å². The van der Waals surface area contributed by atoms with Crippen molar-refractivity contribution in [3.05, 3.63) is 0 Å². The Morgan fingerprint density at radius 3 is 2.25 bits per heavy atom. The topological polar surface area (TPSA) is 55.8 Å². The van der Waals surface area contributed by atoms with Crippen molar-refractivity contribution in [3.8, 4) is 0 Å². The van der Waals surface area contributed by atoms with Crippen molar-refractivity contribution in [3.63, 3.8) is 0 Å². The van der Waals surface area contributed by atoms with Gasteiger partial charge in [-0.15, -0.1) is 0 Å². The zero-order chi connectivity index (χ0) is 13.0. The quantitative estimate of drug-likeness (QED) is 0.558. The molecule has 0 aromatic carbocycles. The predicted octanol–water partition coefficient (Wildman–Crippen LogP) is 0.827. The molecule has 0 aromatic heterocycles. The van der Waals surface area contributed by atoms with Gasteiger partial charge in [-0.2, -0.15) is 8.78 Å². The average molecular weight is 248 g/mol. The van der Waals surface area contributed by atoms with Crippen molar-refractivity contribution in [2.24, 2.45) is 0 Å². The van der Waals surface area contributed by atoms with Gasteiger partial charge in [0, 0.05) is 0 Å². The van der Waals surface area contributed by atoms with E-state index in [1.807, 2.05) is 0 Å². The van der Waals surface area contributed by atoms with Crippen molar-refractivity contribution < 1.29 is 36.9 Å². The largest absolute Gasteiger partial charge is 0.467 e. The van der Waals surface area contributed by atoms with E-state index < -0.39 is 37.1 Å². The third kappa shape index (κ3) is 4.31. The number of hydrogen-bond acceptors (Lipinski definition) is 4. The second-order valence-electron chi connectivity index (χ2n) is 3.32. The molecule has 0 fully saturated rings. The fourth-order valence-corrected chi connectivity index (χ4v) is 0.728. The van der Waals surface area contributed by atoms with Crippen LogP contribution < -0.4 is 0 Å². The SMILES string of the molecule is COC(=O)C(C)(O)COCC(F)(F)C(F)F. The molecular formula is C8H12F4O4. The molecule has 8 heteroatoms. The molecule has 0 aliphatic carbocycles. The van der Waals surface area contributed by atoms with E-state index in [-0.39, 0.29) is 0 Å². The van der Waals surface area contributed by atoms with Crippen molar-refractivity contribution in [1.29, 1.82) is 0 Å². The highest BCUT2D eigenvalue weighted by Crippen LogP contribution is 2.23. The third-order valence-electron chi connectivity index (χ3n) is 1.62. The zero-order valence-electron chi connectivity index (χ0n) is 8.68. The summed E-state index contributed by atoms with van der Waals surface area (Å²) in [6.45, 7) is -1.49. The maximum atomic E-state index is 12.3. The summed E-state index contributed by atoms with van der Waals surface area (Å²) in [5.41, 5.74) is -2.15. The number of esters is 1. The fraction of sp³-hybridized carbons (Fsp3) is 0.875. The van der Waals surface area contributed by atoms with Crippen LogP contribution in [0.1, 0.15) is 6.92 Å². The number of hydrogen-bond donors (Lipinski definition) is 1. The van der Waals surface area contributed by atoms with Gasteiger partial charge in [0.2, 0.25) is 0 Å². The molecule has 16 heavy (non-hydrogen) atoms. The first kappa shape index (κ1) is 15.1. The van der Waals surface area contributed by atoms with E-state index in [0.717, 1.165) is 14.0 Å². The third-order valence-corrected chi connectivity index (χ3v) is 1.62. The van der Waals surface area contributed by atoms with E-state index in [4.69, 9.17) is 0 Å². The Kier molecular flexibility index (Phi) is 5.14. The summed E-state index contributed by atoms with van der Waals surface area (Å²) in [7, 11) is 0.977. The molecule has 1 N–H and O–H groups in total. The summed E-state index contributed by atoms with van der Waals surface area (Å²) in [6.07, 6.45) is -3.87. The van der Waals surface area contributed by atoms with Crippen LogP contribution in [0.3, 0.4) is 0 Å². The van der Waals surface area contributed by atoms with E-state index in [9.17, 15) is 27.5 Å². The molecular weight excluding hydrogens is 236 g/mol. The van der Waals surface area contributed by atoms with E-state index in [1.165, 1.54) is 0 Å². The monoisotopic (exact) mass is 248 g/mol. The van der Waals surface area contributed by atoms with Gasteiger partial charge in [0.05, 0.1) is 13.7 Å². The summed E-state index contributed by atoms with van der Waals surface area (Å²) >= 11 is 0. The minimum absolute atomic E-state index is 0.859. The Labute approximate surface area is 89.1 Å². The molecule has 0 saturated carbocycles. The van der Waals surface area contributed by atoms with E-state index in [1.54, 1.807) is 0 Å². The Balaban J connectivity index is 4.13. The molecule has 4 nitrogen and oxygen atoms in total. The summed E-state index contributed by atoms with van der Waals surface area (Å²) in [5, 5.41) is 9.29. The van der Waals surface area contributed by atoms with Gasteiger partial charge in [-0.25, -0.2) is 13.6 Å². The lowest BCUT2D eigenvalue weighted by Crippen LogP contribution is -2.43. The van der Waals surface area contributed by atoms with Crippen LogP contribution in [0.15, 0.2) is 0 Å².